The van der Waals surface area contributed by atoms with Gasteiger partial charge in [-0.25, -0.2) is 13.2 Å². The first kappa shape index (κ1) is 8.10. The monoisotopic (exact) mass is 182 g/mol. The van der Waals surface area contributed by atoms with E-state index >= 15 is 0 Å². The highest BCUT2D eigenvalue weighted by molar-refractivity contribution is 5.83. The first-order chi connectivity index (χ1) is 6.18. The van der Waals surface area contributed by atoms with Crippen LogP contribution in [0.1, 0.15) is 0 Å². The van der Waals surface area contributed by atoms with E-state index in [9.17, 15) is 13.2 Å². The first-order valence-electron chi connectivity index (χ1n) is 3.72. The highest BCUT2D eigenvalue weighted by Crippen LogP contribution is 2.21. The van der Waals surface area contributed by atoms with Crippen molar-refractivity contribution in [2.75, 3.05) is 0 Å². The standard InChI is InChI=1S/C10H5F3/c11-6-1-2-7-8(5-6)10(13)4-3-9(7)12/h1-5H. The summed E-state index contributed by atoms with van der Waals surface area (Å²) in [5, 5.41) is 0.0707. The molecule has 0 atom stereocenters. The van der Waals surface area contributed by atoms with Crippen molar-refractivity contribution >= 4 is 10.8 Å². The summed E-state index contributed by atoms with van der Waals surface area (Å²) >= 11 is 0. The smallest absolute Gasteiger partial charge is 0.131 e. The predicted molar refractivity (Wildman–Crippen MR) is 43.8 cm³/mol. The van der Waals surface area contributed by atoms with Gasteiger partial charge in [0.15, 0.2) is 0 Å². The Balaban J connectivity index is 2.92. The van der Waals surface area contributed by atoms with Crippen molar-refractivity contribution in [3.63, 3.8) is 0 Å². The van der Waals surface area contributed by atoms with Crippen molar-refractivity contribution in [3.05, 3.63) is 47.8 Å². The predicted octanol–water partition coefficient (Wildman–Crippen LogP) is 3.26. The van der Waals surface area contributed by atoms with Gasteiger partial charge in [0.25, 0.3) is 0 Å². The Labute approximate surface area is 72.6 Å². The molecule has 66 valence electrons. The molecule has 0 fully saturated rings. The fraction of sp³-hybridized carbons (Fsp3) is 0. The average molecular weight is 182 g/mol. The molecule has 0 bridgehead atoms. The topological polar surface area (TPSA) is 0 Å². The van der Waals surface area contributed by atoms with Crippen LogP contribution in [0.25, 0.3) is 10.8 Å². The summed E-state index contributed by atoms with van der Waals surface area (Å²) in [5.74, 6) is -1.73. The van der Waals surface area contributed by atoms with E-state index < -0.39 is 17.5 Å². The van der Waals surface area contributed by atoms with Crippen LogP contribution in [0.5, 0.6) is 0 Å². The Hall–Kier alpha value is -1.51. The molecule has 0 saturated carbocycles. The van der Waals surface area contributed by atoms with E-state index in [1.165, 1.54) is 6.07 Å². The zero-order chi connectivity index (χ0) is 9.42. The third-order valence-corrected chi connectivity index (χ3v) is 1.87. The summed E-state index contributed by atoms with van der Waals surface area (Å²) in [6.07, 6.45) is 0. The van der Waals surface area contributed by atoms with Gasteiger partial charge in [0.2, 0.25) is 0 Å². The lowest BCUT2D eigenvalue weighted by atomic mass is 10.1. The van der Waals surface area contributed by atoms with E-state index in [-0.39, 0.29) is 10.8 Å². The third kappa shape index (κ3) is 1.26. The quantitative estimate of drug-likeness (QED) is 0.586. The van der Waals surface area contributed by atoms with E-state index in [0.717, 1.165) is 24.3 Å². The molecule has 0 saturated heterocycles. The fourth-order valence-electron chi connectivity index (χ4n) is 1.25. The van der Waals surface area contributed by atoms with E-state index in [4.69, 9.17) is 0 Å². The van der Waals surface area contributed by atoms with Gasteiger partial charge >= 0.3 is 0 Å². The molecule has 3 heteroatoms. The molecule has 0 unspecified atom stereocenters. The highest BCUT2D eigenvalue weighted by Gasteiger charge is 2.05. The lowest BCUT2D eigenvalue weighted by Gasteiger charge is -2.00. The van der Waals surface area contributed by atoms with Crippen molar-refractivity contribution in [3.8, 4) is 0 Å². The summed E-state index contributed by atoms with van der Waals surface area (Å²) in [6.45, 7) is 0. The van der Waals surface area contributed by atoms with Gasteiger partial charge in [-0.2, -0.15) is 0 Å². The second-order valence-electron chi connectivity index (χ2n) is 2.72. The number of benzene rings is 2. The molecule has 2 aromatic carbocycles. The van der Waals surface area contributed by atoms with E-state index in [0.29, 0.717) is 0 Å². The molecular weight excluding hydrogens is 177 g/mol. The molecule has 0 radical (unpaired) electrons. The SMILES string of the molecule is Fc1ccc2c(F)ccc(F)c2c1. The molecule has 2 rings (SSSR count). The van der Waals surface area contributed by atoms with Gasteiger partial charge in [-0.3, -0.25) is 0 Å². The minimum absolute atomic E-state index is 0.0278. The average Bonchev–Trinajstić information content (AvgIpc) is 2.12. The summed E-state index contributed by atoms with van der Waals surface area (Å²) in [4.78, 5) is 0. The van der Waals surface area contributed by atoms with Crippen LogP contribution in [0.15, 0.2) is 30.3 Å². The number of rotatable bonds is 0. The summed E-state index contributed by atoms with van der Waals surface area (Å²) in [6, 6.07) is 5.31. The summed E-state index contributed by atoms with van der Waals surface area (Å²) in [5.41, 5.74) is 0. The number of hydrogen-bond donors (Lipinski definition) is 0. The van der Waals surface area contributed by atoms with E-state index in [1.54, 1.807) is 0 Å². The fourth-order valence-corrected chi connectivity index (χ4v) is 1.25. The van der Waals surface area contributed by atoms with Crippen LogP contribution in [-0.4, -0.2) is 0 Å². The molecule has 0 nitrogen and oxygen atoms in total. The molecule has 13 heavy (non-hydrogen) atoms. The maximum absolute atomic E-state index is 13.0. The minimum atomic E-state index is -0.615. The molecule has 0 aromatic heterocycles. The third-order valence-electron chi connectivity index (χ3n) is 1.87. The zero-order valence-electron chi connectivity index (χ0n) is 6.52. The second kappa shape index (κ2) is 2.76. The van der Waals surface area contributed by atoms with Gasteiger partial charge in [-0.15, -0.1) is 0 Å². The zero-order valence-corrected chi connectivity index (χ0v) is 6.52. The maximum atomic E-state index is 13.0. The Morgan fingerprint density at radius 3 is 2.00 bits per heavy atom. The molecule has 2 aromatic rings. The van der Waals surface area contributed by atoms with Gasteiger partial charge in [0.1, 0.15) is 17.5 Å². The van der Waals surface area contributed by atoms with E-state index in [2.05, 4.69) is 0 Å². The Morgan fingerprint density at radius 1 is 0.692 bits per heavy atom. The van der Waals surface area contributed by atoms with Crippen LogP contribution in [0, 0.1) is 17.5 Å². The molecule has 0 aliphatic heterocycles. The molecule has 0 amide bonds. The van der Waals surface area contributed by atoms with Crippen LogP contribution in [0.3, 0.4) is 0 Å². The van der Waals surface area contributed by atoms with Crippen LogP contribution in [0.4, 0.5) is 13.2 Å². The largest absolute Gasteiger partial charge is 0.207 e. The van der Waals surface area contributed by atoms with Gasteiger partial charge in [-0.1, -0.05) is 0 Å². The Bertz CT molecular complexity index is 463. The molecular formula is C10H5F3. The maximum Gasteiger partial charge on any atom is 0.131 e. The number of fused-ring (bicyclic) bond motifs is 1. The number of halogens is 3. The molecule has 0 aliphatic rings. The van der Waals surface area contributed by atoms with Crippen molar-refractivity contribution in [1.29, 1.82) is 0 Å². The lowest BCUT2D eigenvalue weighted by Crippen LogP contribution is -1.85. The highest BCUT2D eigenvalue weighted by atomic mass is 19.1. The van der Waals surface area contributed by atoms with Gasteiger partial charge in [0.05, 0.1) is 0 Å². The summed E-state index contributed by atoms with van der Waals surface area (Å²) in [7, 11) is 0. The Kier molecular flexibility index (Phi) is 1.72. The van der Waals surface area contributed by atoms with Crippen LogP contribution < -0.4 is 0 Å². The minimum Gasteiger partial charge on any atom is -0.207 e. The normalized spacial score (nSPS) is 10.7. The van der Waals surface area contributed by atoms with Gasteiger partial charge < -0.3 is 0 Å². The van der Waals surface area contributed by atoms with Crippen molar-refractivity contribution in [2.45, 2.75) is 0 Å². The number of hydrogen-bond acceptors (Lipinski definition) is 0. The van der Waals surface area contributed by atoms with Crippen molar-refractivity contribution in [1.82, 2.24) is 0 Å². The molecule has 0 spiro atoms. The van der Waals surface area contributed by atoms with Crippen LogP contribution >= 0.6 is 0 Å². The van der Waals surface area contributed by atoms with Gasteiger partial charge in [-0.05, 0) is 30.3 Å². The van der Waals surface area contributed by atoms with Crippen LogP contribution in [0.2, 0.25) is 0 Å². The Morgan fingerprint density at radius 2 is 1.31 bits per heavy atom. The first-order valence-corrected chi connectivity index (χ1v) is 3.72. The lowest BCUT2D eigenvalue weighted by molar-refractivity contribution is 0.610. The molecule has 0 heterocycles. The van der Waals surface area contributed by atoms with Crippen LogP contribution in [-0.2, 0) is 0 Å². The van der Waals surface area contributed by atoms with Crippen molar-refractivity contribution < 1.29 is 13.2 Å². The van der Waals surface area contributed by atoms with Crippen molar-refractivity contribution in [2.24, 2.45) is 0 Å². The summed E-state index contributed by atoms with van der Waals surface area (Å²) < 4.78 is 38.7. The second-order valence-corrected chi connectivity index (χ2v) is 2.72. The molecule has 0 N–H and O–H groups in total. The van der Waals surface area contributed by atoms with E-state index in [1.807, 2.05) is 0 Å². The van der Waals surface area contributed by atoms with Gasteiger partial charge in [0, 0.05) is 10.8 Å². The molecule has 0 aliphatic carbocycles.